The van der Waals surface area contributed by atoms with E-state index in [2.05, 4.69) is 39.6 Å². The van der Waals surface area contributed by atoms with Gasteiger partial charge in [0.05, 0.1) is 17.3 Å². The number of nitrogens with zero attached hydrogens (tertiary/aromatic N) is 3. The molecule has 9 heteroatoms. The number of rotatable bonds is 6. The van der Waals surface area contributed by atoms with Crippen LogP contribution in [0.2, 0.25) is 0 Å². The SMILES string of the molecule is CCNC(=NCc1ccc(CS(C)(=O)=O)cc1)N1CCN(c2cccs2)CC1.I. The lowest BCUT2D eigenvalue weighted by atomic mass is 10.1. The summed E-state index contributed by atoms with van der Waals surface area (Å²) in [5.74, 6) is 1.02. The van der Waals surface area contributed by atoms with E-state index in [1.54, 1.807) is 11.3 Å². The zero-order chi connectivity index (χ0) is 20.0. The highest BCUT2D eigenvalue weighted by Crippen LogP contribution is 2.22. The number of anilines is 1. The molecule has 0 radical (unpaired) electrons. The zero-order valence-corrected chi connectivity index (χ0v) is 20.8. The van der Waals surface area contributed by atoms with Gasteiger partial charge in [-0.3, -0.25) is 0 Å². The molecule has 0 aliphatic carbocycles. The highest BCUT2D eigenvalue weighted by molar-refractivity contribution is 14.0. The molecule has 1 aromatic carbocycles. The summed E-state index contributed by atoms with van der Waals surface area (Å²) in [6, 6.07) is 11.9. The van der Waals surface area contributed by atoms with Crippen molar-refractivity contribution in [2.24, 2.45) is 4.99 Å². The Morgan fingerprint density at radius 1 is 1.10 bits per heavy atom. The number of thiophene rings is 1. The fraction of sp³-hybridized carbons (Fsp3) is 0.450. The van der Waals surface area contributed by atoms with Crippen LogP contribution in [0.5, 0.6) is 0 Å². The second-order valence-electron chi connectivity index (χ2n) is 6.98. The third-order valence-corrected chi connectivity index (χ3v) is 6.38. The van der Waals surface area contributed by atoms with Crippen LogP contribution in [0.1, 0.15) is 18.1 Å². The second-order valence-corrected chi connectivity index (χ2v) is 10.0. The van der Waals surface area contributed by atoms with Gasteiger partial charge >= 0.3 is 0 Å². The Hall–Kier alpha value is -1.33. The maximum Gasteiger partial charge on any atom is 0.194 e. The topological polar surface area (TPSA) is 65.0 Å². The molecule has 0 amide bonds. The molecule has 6 nitrogen and oxygen atoms in total. The lowest BCUT2D eigenvalue weighted by Crippen LogP contribution is -2.52. The van der Waals surface area contributed by atoms with Crippen LogP contribution in [-0.2, 0) is 22.1 Å². The van der Waals surface area contributed by atoms with Gasteiger partial charge in [0, 0.05) is 39.0 Å². The predicted molar refractivity (Wildman–Crippen MR) is 133 cm³/mol. The maximum atomic E-state index is 11.4. The number of aliphatic imine (C=N–C) groups is 1. The van der Waals surface area contributed by atoms with Crippen molar-refractivity contribution in [2.45, 2.75) is 19.2 Å². The molecule has 1 fully saturated rings. The Bertz CT molecular complexity index is 876. The summed E-state index contributed by atoms with van der Waals surface area (Å²) >= 11 is 1.79. The van der Waals surface area contributed by atoms with E-state index >= 15 is 0 Å². The van der Waals surface area contributed by atoms with Crippen LogP contribution in [0.25, 0.3) is 0 Å². The number of piperazine rings is 1. The smallest absolute Gasteiger partial charge is 0.194 e. The Kier molecular flexibility index (Phi) is 9.22. The van der Waals surface area contributed by atoms with Crippen LogP contribution in [0.15, 0.2) is 46.8 Å². The lowest BCUT2D eigenvalue weighted by Gasteiger charge is -2.37. The van der Waals surface area contributed by atoms with Gasteiger partial charge in [0.15, 0.2) is 15.8 Å². The van der Waals surface area contributed by atoms with Crippen LogP contribution >= 0.6 is 35.3 Å². The lowest BCUT2D eigenvalue weighted by molar-refractivity contribution is 0.373. The molecule has 1 aromatic heterocycles. The molecule has 160 valence electrons. The monoisotopic (exact) mass is 548 g/mol. The molecule has 1 aliphatic heterocycles. The molecule has 1 N–H and O–H groups in total. The number of guanidine groups is 1. The minimum Gasteiger partial charge on any atom is -0.360 e. The first kappa shape index (κ1) is 23.9. The fourth-order valence-corrected chi connectivity index (χ4v) is 4.81. The molecular weight excluding hydrogens is 519 g/mol. The highest BCUT2D eigenvalue weighted by Gasteiger charge is 2.20. The van der Waals surface area contributed by atoms with Crippen molar-refractivity contribution >= 4 is 56.1 Å². The van der Waals surface area contributed by atoms with E-state index in [0.29, 0.717) is 6.54 Å². The minimum atomic E-state index is -3.01. The van der Waals surface area contributed by atoms with Crippen molar-refractivity contribution in [1.29, 1.82) is 0 Å². The molecule has 0 saturated carbocycles. The molecule has 0 atom stereocenters. The molecule has 3 rings (SSSR count). The summed E-state index contributed by atoms with van der Waals surface area (Å²) < 4.78 is 22.8. The second kappa shape index (κ2) is 11.2. The Morgan fingerprint density at radius 3 is 2.31 bits per heavy atom. The minimum absolute atomic E-state index is 0. The Balaban J connectivity index is 0.00000300. The van der Waals surface area contributed by atoms with E-state index in [1.807, 2.05) is 24.3 Å². The van der Waals surface area contributed by atoms with Gasteiger partial charge in [-0.2, -0.15) is 0 Å². The average molecular weight is 549 g/mol. The molecule has 1 saturated heterocycles. The van der Waals surface area contributed by atoms with E-state index in [9.17, 15) is 8.42 Å². The molecule has 2 heterocycles. The van der Waals surface area contributed by atoms with E-state index < -0.39 is 9.84 Å². The van der Waals surface area contributed by atoms with Crippen molar-refractivity contribution < 1.29 is 8.42 Å². The largest absolute Gasteiger partial charge is 0.360 e. The maximum absolute atomic E-state index is 11.4. The third-order valence-electron chi connectivity index (χ3n) is 4.60. The van der Waals surface area contributed by atoms with Crippen molar-refractivity contribution in [2.75, 3.05) is 43.9 Å². The Morgan fingerprint density at radius 2 is 1.76 bits per heavy atom. The highest BCUT2D eigenvalue weighted by atomic mass is 127. The van der Waals surface area contributed by atoms with Crippen molar-refractivity contribution in [3.8, 4) is 0 Å². The van der Waals surface area contributed by atoms with E-state index in [1.165, 1.54) is 11.3 Å². The van der Waals surface area contributed by atoms with Gasteiger partial charge in [-0.05, 0) is 35.6 Å². The van der Waals surface area contributed by atoms with Crippen LogP contribution in [0.3, 0.4) is 0 Å². The van der Waals surface area contributed by atoms with E-state index in [-0.39, 0.29) is 29.7 Å². The summed E-state index contributed by atoms with van der Waals surface area (Å²) in [5.41, 5.74) is 1.89. The number of hydrogen-bond donors (Lipinski definition) is 1. The van der Waals surface area contributed by atoms with Crippen LogP contribution in [0, 0.1) is 0 Å². The van der Waals surface area contributed by atoms with Gasteiger partial charge in [-0.1, -0.05) is 24.3 Å². The summed E-state index contributed by atoms with van der Waals surface area (Å²) in [6.45, 7) is 7.35. The van der Waals surface area contributed by atoms with Crippen LogP contribution < -0.4 is 10.2 Å². The summed E-state index contributed by atoms with van der Waals surface area (Å²) in [4.78, 5) is 9.53. The average Bonchev–Trinajstić information content (AvgIpc) is 3.20. The van der Waals surface area contributed by atoms with Gasteiger partial charge in [-0.25, -0.2) is 13.4 Å². The first-order valence-corrected chi connectivity index (χ1v) is 12.5. The van der Waals surface area contributed by atoms with Gasteiger partial charge in [-0.15, -0.1) is 35.3 Å². The standard InChI is InChI=1S/C20H28N4O2S2.HI/c1-3-21-20(24-12-10-23(11-13-24)19-5-4-14-27-19)22-15-17-6-8-18(9-7-17)16-28(2,25)26;/h4-9,14H,3,10-13,15-16H2,1-2H3,(H,21,22);1H. The summed E-state index contributed by atoms with van der Waals surface area (Å²) in [5, 5.41) is 6.84. The Labute approximate surface area is 195 Å². The van der Waals surface area contributed by atoms with Gasteiger partial charge in [0.2, 0.25) is 0 Å². The molecule has 0 spiro atoms. The van der Waals surface area contributed by atoms with Crippen LogP contribution in [-0.4, -0.2) is 58.3 Å². The van der Waals surface area contributed by atoms with Crippen LogP contribution in [0.4, 0.5) is 5.00 Å². The van der Waals surface area contributed by atoms with Crippen molar-refractivity contribution in [1.82, 2.24) is 10.2 Å². The molecule has 29 heavy (non-hydrogen) atoms. The number of benzene rings is 1. The van der Waals surface area contributed by atoms with E-state index in [0.717, 1.165) is 49.8 Å². The van der Waals surface area contributed by atoms with Crippen molar-refractivity contribution in [3.05, 3.63) is 52.9 Å². The van der Waals surface area contributed by atoms with E-state index in [4.69, 9.17) is 4.99 Å². The molecule has 0 unspecified atom stereocenters. The van der Waals surface area contributed by atoms with Gasteiger partial charge in [0.1, 0.15) is 0 Å². The first-order valence-electron chi connectivity index (χ1n) is 9.52. The van der Waals surface area contributed by atoms with Crippen molar-refractivity contribution in [3.63, 3.8) is 0 Å². The summed E-state index contributed by atoms with van der Waals surface area (Å²) in [6.07, 6.45) is 1.26. The fourth-order valence-electron chi connectivity index (χ4n) is 3.22. The zero-order valence-electron chi connectivity index (χ0n) is 16.9. The van der Waals surface area contributed by atoms with Gasteiger partial charge in [0.25, 0.3) is 0 Å². The number of nitrogens with one attached hydrogen (secondary N) is 1. The number of halogens is 1. The predicted octanol–water partition coefficient (Wildman–Crippen LogP) is 3.20. The normalized spacial score (nSPS) is 15.2. The third kappa shape index (κ3) is 7.45. The molecule has 2 aromatic rings. The number of sulfone groups is 1. The molecule has 0 bridgehead atoms. The summed E-state index contributed by atoms with van der Waals surface area (Å²) in [7, 11) is -3.01. The molecular formula is C20H29IN4O2S2. The quantitative estimate of drug-likeness (QED) is 0.342. The first-order chi connectivity index (χ1) is 13.4. The van der Waals surface area contributed by atoms with Gasteiger partial charge < -0.3 is 15.1 Å². The molecule has 1 aliphatic rings. The number of hydrogen-bond acceptors (Lipinski definition) is 5.